The SMILES string of the molecule is O=C(Nc1cccc(CN2CCCC2)c1)c1cc(F)cc(F)c1. The molecule has 1 amide bonds. The molecule has 1 heterocycles. The quantitative estimate of drug-likeness (QED) is 0.930. The summed E-state index contributed by atoms with van der Waals surface area (Å²) in [5.74, 6) is -2.06. The molecular formula is C18H18F2N2O. The highest BCUT2D eigenvalue weighted by Gasteiger charge is 2.13. The summed E-state index contributed by atoms with van der Waals surface area (Å²) in [4.78, 5) is 14.5. The van der Waals surface area contributed by atoms with E-state index in [1.165, 1.54) is 12.8 Å². The third-order valence-electron chi connectivity index (χ3n) is 3.91. The van der Waals surface area contributed by atoms with Gasteiger partial charge in [-0.25, -0.2) is 8.78 Å². The van der Waals surface area contributed by atoms with Crippen LogP contribution in [0.5, 0.6) is 0 Å². The van der Waals surface area contributed by atoms with Gasteiger partial charge in [0.15, 0.2) is 0 Å². The van der Waals surface area contributed by atoms with Gasteiger partial charge in [-0.05, 0) is 55.8 Å². The van der Waals surface area contributed by atoms with Crippen LogP contribution in [0.15, 0.2) is 42.5 Å². The summed E-state index contributed by atoms with van der Waals surface area (Å²) < 4.78 is 26.4. The van der Waals surface area contributed by atoms with E-state index < -0.39 is 17.5 Å². The Hall–Kier alpha value is -2.27. The fourth-order valence-electron chi connectivity index (χ4n) is 2.83. The van der Waals surface area contributed by atoms with Gasteiger partial charge >= 0.3 is 0 Å². The van der Waals surface area contributed by atoms with Gasteiger partial charge in [-0.1, -0.05) is 12.1 Å². The maximum atomic E-state index is 13.2. The molecule has 0 bridgehead atoms. The number of hydrogen-bond donors (Lipinski definition) is 1. The van der Waals surface area contributed by atoms with Crippen LogP contribution in [0.4, 0.5) is 14.5 Å². The normalized spacial score (nSPS) is 14.9. The van der Waals surface area contributed by atoms with Crippen LogP contribution in [0.1, 0.15) is 28.8 Å². The van der Waals surface area contributed by atoms with E-state index in [0.29, 0.717) is 5.69 Å². The van der Waals surface area contributed by atoms with Crippen molar-refractivity contribution in [3.8, 4) is 0 Å². The number of hydrogen-bond acceptors (Lipinski definition) is 2. The molecule has 23 heavy (non-hydrogen) atoms. The lowest BCUT2D eigenvalue weighted by Crippen LogP contribution is -2.18. The van der Waals surface area contributed by atoms with Crippen molar-refractivity contribution in [2.75, 3.05) is 18.4 Å². The Morgan fingerprint density at radius 1 is 1.04 bits per heavy atom. The van der Waals surface area contributed by atoms with E-state index in [-0.39, 0.29) is 5.56 Å². The number of nitrogens with zero attached hydrogens (tertiary/aromatic N) is 1. The predicted octanol–water partition coefficient (Wildman–Crippen LogP) is 3.81. The molecule has 1 saturated heterocycles. The average Bonchev–Trinajstić information content (AvgIpc) is 2.99. The fourth-order valence-corrected chi connectivity index (χ4v) is 2.83. The number of benzene rings is 2. The maximum Gasteiger partial charge on any atom is 0.255 e. The van der Waals surface area contributed by atoms with Crippen LogP contribution < -0.4 is 5.32 Å². The van der Waals surface area contributed by atoms with E-state index in [2.05, 4.69) is 10.2 Å². The topological polar surface area (TPSA) is 32.3 Å². The smallest absolute Gasteiger partial charge is 0.255 e. The van der Waals surface area contributed by atoms with Gasteiger partial charge < -0.3 is 5.32 Å². The summed E-state index contributed by atoms with van der Waals surface area (Å²) in [5.41, 5.74) is 1.69. The average molecular weight is 316 g/mol. The van der Waals surface area contributed by atoms with Crippen molar-refractivity contribution in [2.45, 2.75) is 19.4 Å². The Labute approximate surface area is 133 Å². The Morgan fingerprint density at radius 3 is 2.43 bits per heavy atom. The number of nitrogens with one attached hydrogen (secondary N) is 1. The second kappa shape index (κ2) is 6.87. The van der Waals surface area contributed by atoms with Crippen LogP contribution >= 0.6 is 0 Å². The van der Waals surface area contributed by atoms with Crippen molar-refractivity contribution in [1.29, 1.82) is 0 Å². The molecule has 1 aliphatic heterocycles. The Bertz CT molecular complexity index is 692. The van der Waals surface area contributed by atoms with Crippen molar-refractivity contribution >= 4 is 11.6 Å². The zero-order chi connectivity index (χ0) is 16.2. The minimum Gasteiger partial charge on any atom is -0.322 e. The number of anilines is 1. The first kappa shape index (κ1) is 15.6. The van der Waals surface area contributed by atoms with Crippen molar-refractivity contribution in [1.82, 2.24) is 4.90 Å². The maximum absolute atomic E-state index is 13.2. The fraction of sp³-hybridized carbons (Fsp3) is 0.278. The summed E-state index contributed by atoms with van der Waals surface area (Å²) in [6.07, 6.45) is 2.45. The summed E-state index contributed by atoms with van der Waals surface area (Å²) in [5, 5.41) is 2.69. The van der Waals surface area contributed by atoms with Crippen LogP contribution in [-0.4, -0.2) is 23.9 Å². The molecule has 3 nitrogen and oxygen atoms in total. The van der Waals surface area contributed by atoms with Gasteiger partial charge in [0.1, 0.15) is 11.6 Å². The summed E-state index contributed by atoms with van der Waals surface area (Å²) in [6, 6.07) is 10.3. The highest BCUT2D eigenvalue weighted by Crippen LogP contribution is 2.17. The standard InChI is InChI=1S/C18H18F2N2O/c19-15-9-14(10-16(20)11-15)18(23)21-17-5-3-4-13(8-17)12-22-6-1-2-7-22/h3-5,8-11H,1-2,6-7,12H2,(H,21,23). The monoisotopic (exact) mass is 316 g/mol. The lowest BCUT2D eigenvalue weighted by Gasteiger charge is -2.15. The molecule has 120 valence electrons. The number of likely N-dealkylation sites (tertiary alicyclic amines) is 1. The predicted molar refractivity (Wildman–Crippen MR) is 85.3 cm³/mol. The molecule has 0 atom stereocenters. The van der Waals surface area contributed by atoms with Gasteiger partial charge in [0, 0.05) is 23.9 Å². The first-order valence-electron chi connectivity index (χ1n) is 7.69. The second-order valence-electron chi connectivity index (χ2n) is 5.80. The van der Waals surface area contributed by atoms with Gasteiger partial charge in [-0.3, -0.25) is 9.69 Å². The second-order valence-corrected chi connectivity index (χ2v) is 5.80. The van der Waals surface area contributed by atoms with E-state index in [1.54, 1.807) is 6.07 Å². The first-order chi connectivity index (χ1) is 11.1. The molecule has 0 unspecified atom stereocenters. The van der Waals surface area contributed by atoms with Crippen molar-refractivity contribution in [2.24, 2.45) is 0 Å². The lowest BCUT2D eigenvalue weighted by atomic mass is 10.1. The zero-order valence-corrected chi connectivity index (χ0v) is 12.7. The largest absolute Gasteiger partial charge is 0.322 e. The van der Waals surface area contributed by atoms with Crippen LogP contribution in [0.2, 0.25) is 0 Å². The molecule has 2 aromatic rings. The molecule has 1 aliphatic rings. The molecule has 0 spiro atoms. The molecule has 0 aromatic heterocycles. The highest BCUT2D eigenvalue weighted by atomic mass is 19.1. The molecule has 1 fully saturated rings. The molecule has 2 aromatic carbocycles. The van der Waals surface area contributed by atoms with Crippen molar-refractivity contribution in [3.05, 3.63) is 65.2 Å². The number of carbonyl (C=O) groups excluding carboxylic acids is 1. The van der Waals surface area contributed by atoms with E-state index in [0.717, 1.165) is 43.4 Å². The molecule has 3 rings (SSSR count). The van der Waals surface area contributed by atoms with Gasteiger partial charge in [0.2, 0.25) is 0 Å². The van der Waals surface area contributed by atoms with Crippen LogP contribution in [-0.2, 0) is 6.54 Å². The van der Waals surface area contributed by atoms with E-state index >= 15 is 0 Å². The molecule has 0 saturated carbocycles. The third kappa shape index (κ3) is 4.13. The van der Waals surface area contributed by atoms with Crippen molar-refractivity contribution < 1.29 is 13.6 Å². The molecule has 0 aliphatic carbocycles. The van der Waals surface area contributed by atoms with E-state index in [1.807, 2.05) is 18.2 Å². The molecule has 1 N–H and O–H groups in total. The first-order valence-corrected chi connectivity index (χ1v) is 7.69. The molecular weight excluding hydrogens is 298 g/mol. The summed E-state index contributed by atoms with van der Waals surface area (Å²) in [6.45, 7) is 3.04. The summed E-state index contributed by atoms with van der Waals surface area (Å²) in [7, 11) is 0. The Morgan fingerprint density at radius 2 is 1.74 bits per heavy atom. The number of carbonyl (C=O) groups is 1. The van der Waals surface area contributed by atoms with E-state index in [9.17, 15) is 13.6 Å². The van der Waals surface area contributed by atoms with E-state index in [4.69, 9.17) is 0 Å². The molecule has 5 heteroatoms. The highest BCUT2D eigenvalue weighted by molar-refractivity contribution is 6.04. The lowest BCUT2D eigenvalue weighted by molar-refractivity contribution is 0.102. The van der Waals surface area contributed by atoms with Gasteiger partial charge in [-0.15, -0.1) is 0 Å². The number of amides is 1. The third-order valence-corrected chi connectivity index (χ3v) is 3.91. The van der Waals surface area contributed by atoms with Gasteiger partial charge in [-0.2, -0.15) is 0 Å². The van der Waals surface area contributed by atoms with Crippen LogP contribution in [0.3, 0.4) is 0 Å². The number of rotatable bonds is 4. The Balaban J connectivity index is 1.70. The minimum atomic E-state index is -0.766. The zero-order valence-electron chi connectivity index (χ0n) is 12.7. The molecule has 0 radical (unpaired) electrons. The van der Waals surface area contributed by atoms with Gasteiger partial charge in [0.05, 0.1) is 0 Å². The van der Waals surface area contributed by atoms with Gasteiger partial charge in [0.25, 0.3) is 5.91 Å². The summed E-state index contributed by atoms with van der Waals surface area (Å²) >= 11 is 0. The van der Waals surface area contributed by atoms with Crippen LogP contribution in [0, 0.1) is 11.6 Å². The Kier molecular flexibility index (Phi) is 4.67. The number of halogens is 2. The van der Waals surface area contributed by atoms with Crippen LogP contribution in [0.25, 0.3) is 0 Å². The van der Waals surface area contributed by atoms with Crippen molar-refractivity contribution in [3.63, 3.8) is 0 Å². The minimum absolute atomic E-state index is 0.0348.